The van der Waals surface area contributed by atoms with E-state index in [1.54, 1.807) is 17.4 Å². The van der Waals surface area contributed by atoms with Gasteiger partial charge in [0, 0.05) is 21.5 Å². The molecule has 5 nitrogen and oxygen atoms in total. The number of ketones is 1. The highest BCUT2D eigenvalue weighted by Gasteiger charge is 2.27. The zero-order chi connectivity index (χ0) is 19.4. The predicted octanol–water partition coefficient (Wildman–Crippen LogP) is 4.52. The van der Waals surface area contributed by atoms with Crippen molar-refractivity contribution >= 4 is 50.7 Å². The van der Waals surface area contributed by atoms with E-state index in [-0.39, 0.29) is 17.6 Å². The van der Waals surface area contributed by atoms with Gasteiger partial charge in [0.15, 0.2) is 5.78 Å². The van der Waals surface area contributed by atoms with Gasteiger partial charge in [-0.3, -0.25) is 9.59 Å². The second kappa shape index (κ2) is 6.67. The summed E-state index contributed by atoms with van der Waals surface area (Å²) in [6, 6.07) is 5.47. The number of carbonyl (C=O) groups excluding carboxylic acids is 2. The van der Waals surface area contributed by atoms with Crippen LogP contribution in [-0.2, 0) is 17.6 Å². The molecule has 0 unspecified atom stereocenters. The number of hydrogen-bond acceptors (Lipinski definition) is 6. The number of thiophene rings is 1. The minimum Gasteiger partial charge on any atom is -0.325 e. The molecule has 3 aromatic rings. The highest BCUT2D eigenvalue weighted by atomic mass is 32.2. The van der Waals surface area contributed by atoms with Gasteiger partial charge in [0.1, 0.15) is 15.7 Å². The lowest BCUT2D eigenvalue weighted by molar-refractivity contribution is -0.116. The fraction of sp³-hybridized carbons (Fsp3) is 0.333. The number of aryl methyl sites for hydroxylation is 3. The molecule has 3 heterocycles. The second-order valence-electron chi connectivity index (χ2n) is 7.34. The van der Waals surface area contributed by atoms with Crippen LogP contribution in [0.15, 0.2) is 23.2 Å². The van der Waals surface area contributed by atoms with E-state index in [0.717, 1.165) is 45.2 Å². The third kappa shape index (κ3) is 2.84. The first kappa shape index (κ1) is 17.8. The van der Waals surface area contributed by atoms with Crippen LogP contribution in [0.5, 0.6) is 0 Å². The quantitative estimate of drug-likeness (QED) is 0.390. The molecule has 2 aromatic heterocycles. The number of amides is 1. The Hall–Kier alpha value is -2.25. The minimum absolute atomic E-state index is 0.0147. The number of fused-ring (bicyclic) bond motifs is 4. The summed E-state index contributed by atoms with van der Waals surface area (Å²) < 4.78 is 0. The fourth-order valence-electron chi connectivity index (χ4n) is 3.98. The Labute approximate surface area is 171 Å². The zero-order valence-corrected chi connectivity index (χ0v) is 17.3. The molecule has 5 rings (SSSR count). The SMILES string of the molecule is Cc1nc(SCC(=O)c2ccc3c(c2)[C@H](C)C(=O)N3)c2c3c(sc2n1)CCC3. The van der Waals surface area contributed by atoms with Crippen LogP contribution in [0.2, 0.25) is 0 Å². The van der Waals surface area contributed by atoms with Gasteiger partial charge in [0.05, 0.1) is 11.7 Å². The van der Waals surface area contributed by atoms with Crippen LogP contribution in [0.1, 0.15) is 51.4 Å². The molecule has 7 heteroatoms. The van der Waals surface area contributed by atoms with Crippen molar-refractivity contribution in [3.05, 3.63) is 45.6 Å². The van der Waals surface area contributed by atoms with E-state index in [1.165, 1.54) is 28.6 Å². The average Bonchev–Trinajstić information content (AvgIpc) is 3.33. The van der Waals surface area contributed by atoms with Gasteiger partial charge in [0.25, 0.3) is 0 Å². The first-order valence-corrected chi connectivity index (χ1v) is 11.2. The standard InChI is InChI=1S/C21H19N3O2S2/c1-10-14-8-12(6-7-15(14)24-19(10)26)16(25)9-27-20-18-13-4-3-5-17(13)28-21(18)23-11(2)22-20/h6-8,10H,3-5,9H2,1-2H3,(H,24,26)/t10-/m0/s1. The van der Waals surface area contributed by atoms with Gasteiger partial charge in [0.2, 0.25) is 5.91 Å². The van der Waals surface area contributed by atoms with E-state index >= 15 is 0 Å². The molecular formula is C21H19N3O2S2. The molecule has 1 amide bonds. The van der Waals surface area contributed by atoms with E-state index in [4.69, 9.17) is 0 Å². The van der Waals surface area contributed by atoms with Crippen molar-refractivity contribution in [2.45, 2.75) is 44.1 Å². The predicted molar refractivity (Wildman–Crippen MR) is 113 cm³/mol. The second-order valence-corrected chi connectivity index (χ2v) is 9.39. The summed E-state index contributed by atoms with van der Waals surface area (Å²) in [7, 11) is 0. The van der Waals surface area contributed by atoms with Crippen molar-refractivity contribution < 1.29 is 9.59 Å². The summed E-state index contributed by atoms with van der Waals surface area (Å²) in [6.07, 6.45) is 3.39. The molecule has 0 saturated heterocycles. The molecule has 1 aliphatic carbocycles. The Morgan fingerprint density at radius 3 is 3.04 bits per heavy atom. The Kier molecular flexibility index (Phi) is 4.25. The van der Waals surface area contributed by atoms with E-state index in [0.29, 0.717) is 11.3 Å². The number of nitrogens with zero attached hydrogens (tertiary/aromatic N) is 2. The fourth-order valence-corrected chi connectivity index (χ4v) is 6.34. The van der Waals surface area contributed by atoms with E-state index < -0.39 is 0 Å². The van der Waals surface area contributed by atoms with Gasteiger partial charge in [-0.05, 0) is 62.4 Å². The van der Waals surface area contributed by atoms with Crippen molar-refractivity contribution in [1.29, 1.82) is 0 Å². The molecule has 0 bridgehead atoms. The number of Topliss-reactive ketones (excluding diaryl/α,β-unsaturated/α-hetero) is 1. The number of benzene rings is 1. The molecule has 0 radical (unpaired) electrons. The molecule has 1 atom stereocenters. The van der Waals surface area contributed by atoms with Gasteiger partial charge in [-0.2, -0.15) is 0 Å². The van der Waals surface area contributed by atoms with Crippen LogP contribution in [0.3, 0.4) is 0 Å². The normalized spacial score (nSPS) is 17.6. The van der Waals surface area contributed by atoms with Crippen molar-refractivity contribution in [2.24, 2.45) is 0 Å². The van der Waals surface area contributed by atoms with Gasteiger partial charge in [-0.15, -0.1) is 11.3 Å². The molecule has 142 valence electrons. The minimum atomic E-state index is -0.215. The molecule has 2 aliphatic rings. The van der Waals surface area contributed by atoms with Crippen LogP contribution in [0.4, 0.5) is 5.69 Å². The van der Waals surface area contributed by atoms with Gasteiger partial charge in [-0.25, -0.2) is 9.97 Å². The molecule has 1 aliphatic heterocycles. The Bertz CT molecular complexity index is 1150. The molecule has 1 aromatic carbocycles. The molecule has 28 heavy (non-hydrogen) atoms. The largest absolute Gasteiger partial charge is 0.325 e. The summed E-state index contributed by atoms with van der Waals surface area (Å²) in [5.74, 6) is 0.895. The molecule has 0 fully saturated rings. The number of nitrogens with one attached hydrogen (secondary N) is 1. The molecule has 1 N–H and O–H groups in total. The summed E-state index contributed by atoms with van der Waals surface area (Å²) in [6.45, 7) is 3.77. The Morgan fingerprint density at radius 1 is 1.32 bits per heavy atom. The first-order chi connectivity index (χ1) is 13.5. The summed E-state index contributed by atoms with van der Waals surface area (Å²) in [5.41, 5.74) is 3.73. The maximum Gasteiger partial charge on any atom is 0.231 e. The Morgan fingerprint density at radius 2 is 2.18 bits per heavy atom. The monoisotopic (exact) mass is 409 g/mol. The van der Waals surface area contributed by atoms with Crippen LogP contribution in [0.25, 0.3) is 10.2 Å². The van der Waals surface area contributed by atoms with Gasteiger partial charge < -0.3 is 5.32 Å². The van der Waals surface area contributed by atoms with Gasteiger partial charge >= 0.3 is 0 Å². The highest BCUT2D eigenvalue weighted by molar-refractivity contribution is 8.00. The lowest BCUT2D eigenvalue weighted by atomic mass is 9.99. The van der Waals surface area contributed by atoms with Crippen molar-refractivity contribution in [1.82, 2.24) is 9.97 Å². The molecule has 0 spiro atoms. The topological polar surface area (TPSA) is 72.0 Å². The average molecular weight is 410 g/mol. The highest BCUT2D eigenvalue weighted by Crippen LogP contribution is 2.40. The summed E-state index contributed by atoms with van der Waals surface area (Å²) in [5, 5.41) is 4.92. The number of anilines is 1. The summed E-state index contributed by atoms with van der Waals surface area (Å²) in [4.78, 5) is 36.4. The van der Waals surface area contributed by atoms with Crippen LogP contribution < -0.4 is 5.32 Å². The van der Waals surface area contributed by atoms with Crippen LogP contribution in [0, 0.1) is 6.92 Å². The van der Waals surface area contributed by atoms with Crippen molar-refractivity contribution in [3.8, 4) is 0 Å². The molecular weight excluding hydrogens is 390 g/mol. The van der Waals surface area contributed by atoms with E-state index in [1.807, 2.05) is 26.0 Å². The number of carbonyl (C=O) groups is 2. The van der Waals surface area contributed by atoms with E-state index in [2.05, 4.69) is 15.3 Å². The maximum atomic E-state index is 12.8. The third-order valence-corrected chi connectivity index (χ3v) is 7.64. The lowest BCUT2D eigenvalue weighted by Crippen LogP contribution is -2.08. The lowest BCUT2D eigenvalue weighted by Gasteiger charge is -2.07. The molecule has 0 saturated carbocycles. The van der Waals surface area contributed by atoms with Crippen LogP contribution >= 0.6 is 23.1 Å². The van der Waals surface area contributed by atoms with E-state index in [9.17, 15) is 9.59 Å². The maximum absolute atomic E-state index is 12.8. The smallest absolute Gasteiger partial charge is 0.231 e. The number of thioether (sulfide) groups is 1. The third-order valence-electron chi connectivity index (χ3n) is 5.47. The zero-order valence-electron chi connectivity index (χ0n) is 15.7. The first-order valence-electron chi connectivity index (χ1n) is 9.41. The number of hydrogen-bond donors (Lipinski definition) is 1. The Balaban J connectivity index is 1.41. The number of aromatic nitrogens is 2. The number of rotatable bonds is 4. The van der Waals surface area contributed by atoms with Crippen LogP contribution in [-0.4, -0.2) is 27.4 Å². The van der Waals surface area contributed by atoms with Crippen molar-refractivity contribution in [3.63, 3.8) is 0 Å². The summed E-state index contributed by atoms with van der Waals surface area (Å²) >= 11 is 3.27. The van der Waals surface area contributed by atoms with Crippen molar-refractivity contribution in [2.75, 3.05) is 11.1 Å². The van der Waals surface area contributed by atoms with Gasteiger partial charge in [-0.1, -0.05) is 11.8 Å².